The summed E-state index contributed by atoms with van der Waals surface area (Å²) in [5.74, 6) is 1.31. The zero-order valence-corrected chi connectivity index (χ0v) is 10.7. The molecule has 0 aliphatic carbocycles. The van der Waals surface area contributed by atoms with Crippen molar-refractivity contribution in [3.63, 3.8) is 0 Å². The van der Waals surface area contributed by atoms with E-state index in [9.17, 15) is 4.21 Å². The summed E-state index contributed by atoms with van der Waals surface area (Å²) >= 11 is 5.87. The van der Waals surface area contributed by atoms with Crippen LogP contribution in [0.5, 0.6) is 0 Å². The minimum atomic E-state index is -2.08. The van der Waals surface area contributed by atoms with Gasteiger partial charge < -0.3 is 5.32 Å². The summed E-state index contributed by atoms with van der Waals surface area (Å²) in [5.41, 5.74) is 0.717. The van der Waals surface area contributed by atoms with E-state index in [-0.39, 0.29) is 0 Å². The molecule has 2 unspecified atom stereocenters. The van der Waals surface area contributed by atoms with Crippen LogP contribution < -0.4 is 5.32 Å². The van der Waals surface area contributed by atoms with Gasteiger partial charge in [0.05, 0.1) is 15.4 Å². The van der Waals surface area contributed by atoms with Crippen LogP contribution >= 0.6 is 11.6 Å². The monoisotopic (exact) mass is 258 g/mol. The minimum absolute atomic E-state index is 0.329. The molecule has 1 aliphatic heterocycles. The van der Waals surface area contributed by atoms with Gasteiger partial charge in [-0.2, -0.15) is 4.36 Å². The lowest BCUT2D eigenvalue weighted by Crippen LogP contribution is -2.25. The Hall–Kier alpha value is -0.580. The summed E-state index contributed by atoms with van der Waals surface area (Å²) in [5, 5.41) is 3.78. The van der Waals surface area contributed by atoms with E-state index in [2.05, 4.69) is 9.68 Å². The van der Waals surface area contributed by atoms with Crippen molar-refractivity contribution in [2.75, 3.05) is 18.6 Å². The van der Waals surface area contributed by atoms with Gasteiger partial charge in [-0.15, -0.1) is 0 Å². The van der Waals surface area contributed by atoms with Crippen molar-refractivity contribution in [2.24, 2.45) is 4.36 Å². The topological polar surface area (TPSA) is 41.5 Å². The fraction of sp³-hybridized carbons (Fsp3) is 0.455. The maximum atomic E-state index is 12.4. The summed E-state index contributed by atoms with van der Waals surface area (Å²) in [4.78, 5) is 0. The third kappa shape index (κ3) is 2.75. The van der Waals surface area contributed by atoms with Gasteiger partial charge in [0.25, 0.3) is 0 Å². The molecule has 1 saturated heterocycles. The van der Waals surface area contributed by atoms with Crippen molar-refractivity contribution in [2.45, 2.75) is 12.5 Å². The number of hydrogen-bond acceptors (Lipinski definition) is 3. The third-order valence-corrected chi connectivity index (χ3v) is 5.31. The molecule has 0 bridgehead atoms. The highest BCUT2D eigenvalue weighted by atomic mass is 35.5. The molecule has 88 valence electrons. The molecule has 16 heavy (non-hydrogen) atoms. The Kier molecular flexibility index (Phi) is 3.52. The van der Waals surface area contributed by atoms with Crippen molar-refractivity contribution >= 4 is 27.0 Å². The Labute approximate surface area is 101 Å². The molecule has 1 heterocycles. The second kappa shape index (κ2) is 4.73. The first-order valence-electron chi connectivity index (χ1n) is 5.27. The highest BCUT2D eigenvalue weighted by molar-refractivity contribution is 7.94. The van der Waals surface area contributed by atoms with Crippen molar-refractivity contribution in [3.8, 4) is 0 Å². The summed E-state index contributed by atoms with van der Waals surface area (Å²) in [7, 11) is -0.183. The molecule has 0 amide bonds. The summed E-state index contributed by atoms with van der Waals surface area (Å²) in [6.45, 7) is 0. The second-order valence-electron chi connectivity index (χ2n) is 3.99. The Morgan fingerprint density at radius 1 is 1.56 bits per heavy atom. The Bertz CT molecular complexity index is 495. The van der Waals surface area contributed by atoms with Crippen molar-refractivity contribution in [3.05, 3.63) is 29.3 Å². The van der Waals surface area contributed by atoms with E-state index in [4.69, 9.17) is 11.6 Å². The molecule has 2 atom stereocenters. The Morgan fingerprint density at radius 2 is 2.38 bits per heavy atom. The summed E-state index contributed by atoms with van der Waals surface area (Å²) in [6.07, 6.45) is 0.930. The van der Waals surface area contributed by atoms with Gasteiger partial charge in [-0.1, -0.05) is 17.7 Å². The summed E-state index contributed by atoms with van der Waals surface area (Å²) in [6, 6.07) is 7.54. The van der Waals surface area contributed by atoms with Crippen molar-refractivity contribution < 1.29 is 4.21 Å². The number of hydrogen-bond donors (Lipinski definition) is 1. The van der Waals surface area contributed by atoms with Crippen LogP contribution in [0.25, 0.3) is 0 Å². The van der Waals surface area contributed by atoms with Crippen molar-refractivity contribution in [1.82, 2.24) is 5.32 Å². The van der Waals surface area contributed by atoms with Gasteiger partial charge in [-0.05, 0) is 31.7 Å². The van der Waals surface area contributed by atoms with E-state index in [0.717, 1.165) is 6.42 Å². The lowest BCUT2D eigenvalue weighted by molar-refractivity contribution is 0.622. The van der Waals surface area contributed by atoms with Crippen LogP contribution in [0.4, 0.5) is 5.69 Å². The molecule has 1 N–H and O–H groups in total. The molecule has 0 spiro atoms. The molecular weight excluding hydrogens is 244 g/mol. The SMILES string of the molecule is CNC1CCS(=O)(=Nc2cccc(Cl)c2)C1. The van der Waals surface area contributed by atoms with Gasteiger partial charge in [0.1, 0.15) is 0 Å². The quantitative estimate of drug-likeness (QED) is 0.885. The van der Waals surface area contributed by atoms with Crippen LogP contribution in [-0.4, -0.2) is 28.8 Å². The van der Waals surface area contributed by atoms with E-state index >= 15 is 0 Å². The average molecular weight is 259 g/mol. The first-order valence-corrected chi connectivity index (χ1v) is 7.50. The van der Waals surface area contributed by atoms with Crippen LogP contribution in [0, 0.1) is 0 Å². The van der Waals surface area contributed by atoms with E-state index < -0.39 is 9.73 Å². The molecule has 0 aromatic heterocycles. The molecule has 1 fully saturated rings. The normalized spacial score (nSPS) is 29.2. The van der Waals surface area contributed by atoms with Crippen LogP contribution in [0.15, 0.2) is 28.6 Å². The smallest absolute Gasteiger partial charge is 0.0745 e. The Morgan fingerprint density at radius 3 is 3.00 bits per heavy atom. The zero-order chi connectivity index (χ0) is 11.6. The first-order chi connectivity index (χ1) is 7.61. The van der Waals surface area contributed by atoms with Gasteiger partial charge >= 0.3 is 0 Å². The highest BCUT2D eigenvalue weighted by Crippen LogP contribution is 2.23. The average Bonchev–Trinajstić information content (AvgIpc) is 2.60. The van der Waals surface area contributed by atoms with E-state index in [1.807, 2.05) is 19.2 Å². The number of halogens is 1. The highest BCUT2D eigenvalue weighted by Gasteiger charge is 2.25. The molecule has 0 radical (unpaired) electrons. The molecule has 2 rings (SSSR count). The molecule has 1 aromatic carbocycles. The lowest BCUT2D eigenvalue weighted by Gasteiger charge is -2.04. The largest absolute Gasteiger partial charge is 0.316 e. The van der Waals surface area contributed by atoms with Crippen LogP contribution in [-0.2, 0) is 9.73 Å². The maximum Gasteiger partial charge on any atom is 0.0745 e. The molecule has 1 aromatic rings. The molecule has 3 nitrogen and oxygen atoms in total. The lowest BCUT2D eigenvalue weighted by atomic mass is 10.3. The molecular formula is C11H15ClN2OS. The van der Waals surface area contributed by atoms with Gasteiger partial charge in [0.15, 0.2) is 0 Å². The molecule has 1 aliphatic rings. The fourth-order valence-electron chi connectivity index (χ4n) is 1.84. The zero-order valence-electron chi connectivity index (χ0n) is 9.15. The van der Waals surface area contributed by atoms with E-state index in [0.29, 0.717) is 28.3 Å². The minimum Gasteiger partial charge on any atom is -0.316 e. The fourth-order valence-corrected chi connectivity index (χ4v) is 4.47. The predicted octanol–water partition coefficient (Wildman–Crippen LogP) is 2.43. The standard InChI is InChI=1S/C11H15ClN2OS/c1-13-11-5-6-16(15,8-11)14-10-4-2-3-9(12)7-10/h2-4,7,11,13H,5-6,8H2,1H3. The van der Waals surface area contributed by atoms with Gasteiger partial charge in [0.2, 0.25) is 0 Å². The van der Waals surface area contributed by atoms with Crippen molar-refractivity contribution in [1.29, 1.82) is 0 Å². The first kappa shape index (κ1) is 11.9. The number of nitrogens with one attached hydrogen (secondary N) is 1. The number of nitrogens with zero attached hydrogens (tertiary/aromatic N) is 1. The Balaban J connectivity index is 2.28. The maximum absolute atomic E-state index is 12.4. The van der Waals surface area contributed by atoms with Gasteiger partial charge in [-0.3, -0.25) is 0 Å². The molecule has 5 heteroatoms. The van der Waals surface area contributed by atoms with Gasteiger partial charge in [0, 0.05) is 22.6 Å². The summed E-state index contributed by atoms with van der Waals surface area (Å²) < 4.78 is 16.7. The second-order valence-corrected chi connectivity index (χ2v) is 6.89. The third-order valence-electron chi connectivity index (χ3n) is 2.74. The number of benzene rings is 1. The van der Waals surface area contributed by atoms with E-state index in [1.54, 1.807) is 12.1 Å². The number of rotatable bonds is 2. The van der Waals surface area contributed by atoms with Crippen LogP contribution in [0.2, 0.25) is 5.02 Å². The molecule has 0 saturated carbocycles. The van der Waals surface area contributed by atoms with Crippen LogP contribution in [0.1, 0.15) is 6.42 Å². The van der Waals surface area contributed by atoms with E-state index in [1.165, 1.54) is 0 Å². The van der Waals surface area contributed by atoms with Gasteiger partial charge in [-0.25, -0.2) is 4.21 Å². The predicted molar refractivity (Wildman–Crippen MR) is 68.9 cm³/mol. The van der Waals surface area contributed by atoms with Crippen LogP contribution in [0.3, 0.4) is 0 Å².